The number of hydrogen-bond donors (Lipinski definition) is 2. The van der Waals surface area contributed by atoms with Gasteiger partial charge in [-0.2, -0.15) is 0 Å². The normalized spacial score (nSPS) is 11.2. The Balaban J connectivity index is 2.52. The summed E-state index contributed by atoms with van der Waals surface area (Å²) in [6.45, 7) is 3.85. The molecule has 0 atom stereocenters. The lowest BCUT2D eigenvalue weighted by Crippen LogP contribution is -2.01. The maximum atomic E-state index is 11.0. The summed E-state index contributed by atoms with van der Waals surface area (Å²) in [6, 6.07) is 7.62. The van der Waals surface area contributed by atoms with Crippen molar-refractivity contribution in [1.82, 2.24) is 9.97 Å². The maximum Gasteiger partial charge on any atom is 0.354 e. The molecule has 2 heterocycles. The highest BCUT2D eigenvalue weighted by Gasteiger charge is 2.13. The first-order chi connectivity index (χ1) is 8.58. The van der Waals surface area contributed by atoms with Gasteiger partial charge in [0.15, 0.2) is 0 Å². The van der Waals surface area contributed by atoms with E-state index in [4.69, 9.17) is 5.11 Å². The van der Waals surface area contributed by atoms with Gasteiger partial charge in [-0.3, -0.25) is 0 Å². The molecule has 0 spiro atoms. The summed E-state index contributed by atoms with van der Waals surface area (Å²) in [5, 5.41) is 11.0. The number of aromatic amines is 1. The van der Waals surface area contributed by atoms with Crippen LogP contribution in [0.25, 0.3) is 21.8 Å². The number of nitrogens with zero attached hydrogens (tertiary/aromatic N) is 1. The van der Waals surface area contributed by atoms with Crippen LogP contribution >= 0.6 is 0 Å². The average Bonchev–Trinajstić information content (AvgIpc) is 2.70. The highest BCUT2D eigenvalue weighted by atomic mass is 16.4. The number of para-hydroxylation sites is 1. The molecule has 0 aliphatic heterocycles. The fourth-order valence-corrected chi connectivity index (χ4v) is 2.34. The van der Waals surface area contributed by atoms with Crippen molar-refractivity contribution in [2.75, 3.05) is 0 Å². The second-order valence-corrected chi connectivity index (χ2v) is 4.44. The molecule has 0 aliphatic rings. The molecule has 1 aromatic carbocycles. The maximum absolute atomic E-state index is 11.0. The van der Waals surface area contributed by atoms with Gasteiger partial charge in [0.1, 0.15) is 5.69 Å². The molecule has 0 amide bonds. The van der Waals surface area contributed by atoms with E-state index < -0.39 is 5.97 Å². The summed E-state index contributed by atoms with van der Waals surface area (Å²) < 4.78 is 0. The Bertz CT molecular complexity index is 787. The molecule has 0 saturated carbocycles. The van der Waals surface area contributed by atoms with E-state index in [0.717, 1.165) is 27.4 Å². The third-order valence-electron chi connectivity index (χ3n) is 3.23. The van der Waals surface area contributed by atoms with Crippen molar-refractivity contribution < 1.29 is 9.90 Å². The highest BCUT2D eigenvalue weighted by molar-refractivity contribution is 6.10. The summed E-state index contributed by atoms with van der Waals surface area (Å²) >= 11 is 0. The number of H-pyrrole nitrogens is 1. The van der Waals surface area contributed by atoms with E-state index in [2.05, 4.69) is 9.97 Å². The number of carboxylic acid groups (broad SMARTS) is 1. The summed E-state index contributed by atoms with van der Waals surface area (Å²) in [4.78, 5) is 18.5. The predicted octanol–water partition coefficient (Wildman–Crippen LogP) is 3.03. The highest BCUT2D eigenvalue weighted by Crippen LogP contribution is 2.29. The third-order valence-corrected chi connectivity index (χ3v) is 3.23. The van der Waals surface area contributed by atoms with Gasteiger partial charge in [0.25, 0.3) is 0 Å². The molecule has 0 unspecified atom stereocenters. The summed E-state index contributed by atoms with van der Waals surface area (Å²) in [7, 11) is 0. The lowest BCUT2D eigenvalue weighted by atomic mass is 10.1. The lowest BCUT2D eigenvalue weighted by Gasteiger charge is -1.98. The summed E-state index contributed by atoms with van der Waals surface area (Å²) in [5.41, 5.74) is 3.88. The number of carbonyl (C=O) groups is 1. The Kier molecular flexibility index (Phi) is 2.13. The van der Waals surface area contributed by atoms with E-state index in [-0.39, 0.29) is 5.69 Å². The Labute approximate surface area is 103 Å². The number of fused-ring (bicyclic) bond motifs is 3. The van der Waals surface area contributed by atoms with E-state index in [9.17, 15) is 4.79 Å². The molecular formula is C14H12N2O2. The van der Waals surface area contributed by atoms with Gasteiger partial charge in [-0.15, -0.1) is 0 Å². The minimum absolute atomic E-state index is 0.0856. The molecule has 0 aliphatic carbocycles. The van der Waals surface area contributed by atoms with Gasteiger partial charge in [-0.05, 0) is 25.5 Å². The average molecular weight is 240 g/mol. The molecule has 90 valence electrons. The first kappa shape index (κ1) is 10.8. The topological polar surface area (TPSA) is 66.0 Å². The van der Waals surface area contributed by atoms with Gasteiger partial charge in [-0.1, -0.05) is 18.2 Å². The standard InChI is InChI=1S/C14H12N2O2/c1-7-4-3-5-9-10-6-11(14(17)18)15-8(2)13(10)16-12(7)9/h3-6,16H,1-2H3,(H,17,18). The van der Waals surface area contributed by atoms with Gasteiger partial charge < -0.3 is 10.1 Å². The van der Waals surface area contributed by atoms with Crippen LogP contribution in [0.3, 0.4) is 0 Å². The van der Waals surface area contributed by atoms with Crippen LogP contribution in [0.2, 0.25) is 0 Å². The molecule has 0 radical (unpaired) electrons. The number of aromatic nitrogens is 2. The second-order valence-electron chi connectivity index (χ2n) is 4.44. The van der Waals surface area contributed by atoms with Crippen LogP contribution < -0.4 is 0 Å². The van der Waals surface area contributed by atoms with Crippen LogP contribution in [0, 0.1) is 13.8 Å². The largest absolute Gasteiger partial charge is 0.477 e. The van der Waals surface area contributed by atoms with Gasteiger partial charge in [0.05, 0.1) is 11.2 Å². The Morgan fingerprint density at radius 3 is 2.72 bits per heavy atom. The third kappa shape index (κ3) is 1.39. The van der Waals surface area contributed by atoms with E-state index in [1.54, 1.807) is 6.07 Å². The van der Waals surface area contributed by atoms with Crippen LogP contribution in [0.15, 0.2) is 24.3 Å². The van der Waals surface area contributed by atoms with E-state index >= 15 is 0 Å². The van der Waals surface area contributed by atoms with Crippen molar-refractivity contribution in [1.29, 1.82) is 0 Å². The van der Waals surface area contributed by atoms with Crippen LogP contribution in [0.1, 0.15) is 21.7 Å². The monoisotopic (exact) mass is 240 g/mol. The van der Waals surface area contributed by atoms with Crippen LogP contribution in [0.4, 0.5) is 0 Å². The fraction of sp³-hybridized carbons (Fsp3) is 0.143. The van der Waals surface area contributed by atoms with Crippen LogP contribution in [-0.4, -0.2) is 21.0 Å². The van der Waals surface area contributed by atoms with Crippen molar-refractivity contribution in [2.45, 2.75) is 13.8 Å². The molecule has 4 heteroatoms. The quantitative estimate of drug-likeness (QED) is 0.687. The van der Waals surface area contributed by atoms with E-state index in [0.29, 0.717) is 5.69 Å². The van der Waals surface area contributed by atoms with E-state index in [1.807, 2.05) is 32.0 Å². The van der Waals surface area contributed by atoms with Crippen LogP contribution in [-0.2, 0) is 0 Å². The smallest absolute Gasteiger partial charge is 0.354 e. The van der Waals surface area contributed by atoms with E-state index in [1.165, 1.54) is 0 Å². The Hall–Kier alpha value is -2.36. The molecule has 2 aromatic heterocycles. The zero-order valence-electron chi connectivity index (χ0n) is 10.1. The first-order valence-electron chi connectivity index (χ1n) is 5.70. The number of nitrogens with one attached hydrogen (secondary N) is 1. The van der Waals surface area contributed by atoms with Gasteiger partial charge in [-0.25, -0.2) is 9.78 Å². The van der Waals surface area contributed by atoms with Gasteiger partial charge in [0, 0.05) is 16.3 Å². The minimum atomic E-state index is -0.998. The second kappa shape index (κ2) is 3.57. The van der Waals surface area contributed by atoms with Crippen molar-refractivity contribution >= 4 is 27.8 Å². The molecule has 4 nitrogen and oxygen atoms in total. The van der Waals surface area contributed by atoms with Gasteiger partial charge in [0.2, 0.25) is 0 Å². The molecular weight excluding hydrogens is 228 g/mol. The number of rotatable bonds is 1. The van der Waals surface area contributed by atoms with Crippen molar-refractivity contribution in [3.63, 3.8) is 0 Å². The first-order valence-corrected chi connectivity index (χ1v) is 5.70. The zero-order valence-corrected chi connectivity index (χ0v) is 10.1. The molecule has 2 N–H and O–H groups in total. The van der Waals surface area contributed by atoms with Crippen molar-refractivity contribution in [3.8, 4) is 0 Å². The molecule has 3 aromatic rings. The molecule has 0 fully saturated rings. The van der Waals surface area contributed by atoms with Crippen molar-refractivity contribution in [2.24, 2.45) is 0 Å². The molecule has 0 bridgehead atoms. The van der Waals surface area contributed by atoms with Crippen LogP contribution in [0.5, 0.6) is 0 Å². The summed E-state index contributed by atoms with van der Waals surface area (Å²) in [5.74, 6) is -0.998. The minimum Gasteiger partial charge on any atom is -0.477 e. The number of aryl methyl sites for hydroxylation is 2. The number of pyridine rings is 1. The zero-order chi connectivity index (χ0) is 12.9. The number of hydrogen-bond acceptors (Lipinski definition) is 2. The molecule has 0 saturated heterocycles. The molecule has 18 heavy (non-hydrogen) atoms. The Morgan fingerprint density at radius 2 is 2.00 bits per heavy atom. The van der Waals surface area contributed by atoms with Crippen molar-refractivity contribution in [3.05, 3.63) is 41.2 Å². The number of carboxylic acids is 1. The number of aromatic carboxylic acids is 1. The SMILES string of the molecule is Cc1cccc2c1[nH]c1c(C)nc(C(=O)O)cc12. The number of benzene rings is 1. The lowest BCUT2D eigenvalue weighted by molar-refractivity contribution is 0.0690. The predicted molar refractivity (Wildman–Crippen MR) is 70.0 cm³/mol. The Morgan fingerprint density at radius 1 is 1.22 bits per heavy atom. The van der Waals surface area contributed by atoms with Gasteiger partial charge >= 0.3 is 5.97 Å². The molecule has 3 rings (SSSR count). The summed E-state index contributed by atoms with van der Waals surface area (Å²) in [6.07, 6.45) is 0. The fourth-order valence-electron chi connectivity index (χ4n) is 2.34.